The van der Waals surface area contributed by atoms with Crippen molar-refractivity contribution in [3.63, 3.8) is 0 Å². The maximum Gasteiger partial charge on any atom is 0.187 e. The summed E-state index contributed by atoms with van der Waals surface area (Å²) < 4.78 is 24.9. The lowest BCUT2D eigenvalue weighted by Crippen LogP contribution is -1.96. The zero-order chi connectivity index (χ0) is 11.3. The smallest absolute Gasteiger partial charge is 0.187 e. The summed E-state index contributed by atoms with van der Waals surface area (Å²) in [5.41, 5.74) is 0.977. The van der Waals surface area contributed by atoms with Crippen molar-refractivity contribution in [2.24, 2.45) is 0 Å². The molecule has 1 rings (SSSR count). The van der Waals surface area contributed by atoms with E-state index in [0.29, 0.717) is 11.1 Å². The maximum absolute atomic E-state index is 11.0. The summed E-state index contributed by atoms with van der Waals surface area (Å²) >= 11 is -2.07. The van der Waals surface area contributed by atoms with Gasteiger partial charge in [-0.25, -0.2) is 4.21 Å². The highest BCUT2D eigenvalue weighted by molar-refractivity contribution is 7.79. The molecule has 0 heterocycles. The predicted molar refractivity (Wildman–Crippen MR) is 59.2 cm³/mol. The fraction of sp³-hybridized carbons (Fsp3) is 0.100. The van der Waals surface area contributed by atoms with E-state index in [1.54, 1.807) is 24.3 Å². The molecule has 2 N–H and O–H groups in total. The lowest BCUT2D eigenvalue weighted by molar-refractivity contribution is 0.340. The van der Waals surface area contributed by atoms with Gasteiger partial charge >= 0.3 is 0 Å². The molecule has 0 fully saturated rings. The Hall–Kier alpha value is -1.46. The molecule has 0 aliphatic heterocycles. The monoisotopic (exact) mass is 225 g/mol. The molecule has 0 saturated carbocycles. The zero-order valence-corrected chi connectivity index (χ0v) is 8.95. The summed E-state index contributed by atoms with van der Waals surface area (Å²) in [5, 5.41) is 7.18. The Labute approximate surface area is 90.4 Å². The lowest BCUT2D eigenvalue weighted by Gasteiger charge is -2.05. The molecular formula is C10H11NO3S. The van der Waals surface area contributed by atoms with Crippen molar-refractivity contribution in [2.45, 2.75) is 4.90 Å². The summed E-state index contributed by atoms with van der Waals surface area (Å²) in [6, 6.07) is 6.61. The van der Waals surface area contributed by atoms with E-state index >= 15 is 0 Å². The summed E-state index contributed by atoms with van der Waals surface area (Å²) in [6.07, 6.45) is 2.44. The Morgan fingerprint density at radius 1 is 1.53 bits per heavy atom. The summed E-state index contributed by atoms with van der Waals surface area (Å²) in [6.45, 7) is 0. The first-order chi connectivity index (χ1) is 7.20. The fourth-order valence-electron chi connectivity index (χ4n) is 1.16. The van der Waals surface area contributed by atoms with Gasteiger partial charge < -0.3 is 14.7 Å². The minimum atomic E-state index is -2.07. The Bertz CT molecular complexity index is 415. The Morgan fingerprint density at radius 3 is 2.73 bits per heavy atom. The second kappa shape index (κ2) is 5.43. The van der Waals surface area contributed by atoms with E-state index in [1.807, 2.05) is 0 Å². The van der Waals surface area contributed by atoms with E-state index in [2.05, 4.69) is 0 Å². The van der Waals surface area contributed by atoms with E-state index in [1.165, 1.54) is 13.4 Å². The Morgan fingerprint density at radius 2 is 2.20 bits per heavy atom. The van der Waals surface area contributed by atoms with Crippen LogP contribution in [0.4, 0.5) is 0 Å². The summed E-state index contributed by atoms with van der Waals surface area (Å²) in [4.78, 5) is 0.268. The Balaban J connectivity index is 3.29. The van der Waals surface area contributed by atoms with Crippen LogP contribution >= 0.6 is 0 Å². The summed E-state index contributed by atoms with van der Waals surface area (Å²) in [5.74, 6) is 0. The molecule has 0 aromatic heterocycles. The number of nitrogens with one attached hydrogen (secondary N) is 1. The average molecular weight is 225 g/mol. The molecule has 0 aliphatic rings. The van der Waals surface area contributed by atoms with Gasteiger partial charge in [-0.3, -0.25) is 0 Å². The minimum Gasteiger partial charge on any atom is -0.504 e. The molecule has 4 nitrogen and oxygen atoms in total. The molecule has 0 radical (unpaired) electrons. The molecule has 0 aliphatic carbocycles. The molecule has 5 heteroatoms. The summed E-state index contributed by atoms with van der Waals surface area (Å²) in [7, 11) is 1.46. The topological polar surface area (TPSA) is 70.4 Å². The number of rotatable bonds is 4. The number of ether oxygens (including phenoxy) is 1. The molecule has 0 saturated heterocycles. The van der Waals surface area contributed by atoms with Gasteiger partial charge in [0, 0.05) is 17.4 Å². The van der Waals surface area contributed by atoms with Crippen molar-refractivity contribution >= 4 is 22.9 Å². The average Bonchev–Trinajstić information content (AvgIpc) is 2.26. The van der Waals surface area contributed by atoms with Crippen LogP contribution in [0, 0.1) is 5.41 Å². The molecule has 15 heavy (non-hydrogen) atoms. The van der Waals surface area contributed by atoms with Gasteiger partial charge in [-0.1, -0.05) is 18.2 Å². The van der Waals surface area contributed by atoms with Gasteiger partial charge in [-0.05, 0) is 6.07 Å². The van der Waals surface area contributed by atoms with Crippen molar-refractivity contribution in [1.29, 1.82) is 5.41 Å². The minimum absolute atomic E-state index is 0.268. The van der Waals surface area contributed by atoms with Crippen LogP contribution in [0.1, 0.15) is 5.56 Å². The molecule has 1 aromatic carbocycles. The lowest BCUT2D eigenvalue weighted by atomic mass is 10.1. The van der Waals surface area contributed by atoms with Crippen LogP contribution in [0.3, 0.4) is 0 Å². The van der Waals surface area contributed by atoms with E-state index in [4.69, 9.17) is 14.7 Å². The van der Waals surface area contributed by atoms with E-state index in [-0.39, 0.29) is 4.90 Å². The van der Waals surface area contributed by atoms with Gasteiger partial charge in [-0.15, -0.1) is 0 Å². The molecule has 1 atom stereocenters. The van der Waals surface area contributed by atoms with Crippen molar-refractivity contribution in [3.8, 4) is 0 Å². The largest absolute Gasteiger partial charge is 0.504 e. The van der Waals surface area contributed by atoms with Crippen molar-refractivity contribution in [2.75, 3.05) is 7.11 Å². The van der Waals surface area contributed by atoms with Crippen LogP contribution in [-0.2, 0) is 15.8 Å². The highest BCUT2D eigenvalue weighted by atomic mass is 32.2. The van der Waals surface area contributed by atoms with Crippen molar-refractivity contribution in [1.82, 2.24) is 0 Å². The second-order valence-electron chi connectivity index (χ2n) is 2.70. The van der Waals surface area contributed by atoms with E-state index in [9.17, 15) is 4.21 Å². The predicted octanol–water partition coefficient (Wildman–Crippen LogP) is 1.90. The number of hydrogen-bond donors (Lipinski definition) is 2. The maximum atomic E-state index is 11.0. The second-order valence-corrected chi connectivity index (χ2v) is 3.64. The number of hydrogen-bond acceptors (Lipinski definition) is 3. The van der Waals surface area contributed by atoms with Gasteiger partial charge in [-0.2, -0.15) is 0 Å². The molecular weight excluding hydrogens is 214 g/mol. The third-order valence-corrected chi connectivity index (χ3v) is 2.52. The molecule has 80 valence electrons. The van der Waals surface area contributed by atoms with Crippen LogP contribution in [0.15, 0.2) is 35.4 Å². The van der Waals surface area contributed by atoms with Gasteiger partial charge in [0.25, 0.3) is 0 Å². The SMILES string of the molecule is COC=C(C=N)c1ccccc1S(=O)O. The molecule has 0 spiro atoms. The quantitative estimate of drug-likeness (QED) is 0.467. The highest BCUT2D eigenvalue weighted by Gasteiger charge is 2.09. The molecule has 0 amide bonds. The third kappa shape index (κ3) is 2.74. The van der Waals surface area contributed by atoms with Crippen LogP contribution in [0.5, 0.6) is 0 Å². The molecule has 0 bridgehead atoms. The fourth-order valence-corrected chi connectivity index (χ4v) is 1.73. The first-order valence-electron chi connectivity index (χ1n) is 4.14. The van der Waals surface area contributed by atoms with Crippen LogP contribution in [-0.4, -0.2) is 22.1 Å². The van der Waals surface area contributed by atoms with Crippen molar-refractivity contribution in [3.05, 3.63) is 36.1 Å². The Kier molecular flexibility index (Phi) is 4.20. The zero-order valence-electron chi connectivity index (χ0n) is 8.14. The number of allylic oxidation sites excluding steroid dienone is 1. The normalized spacial score (nSPS) is 13.3. The first-order valence-corrected chi connectivity index (χ1v) is 5.25. The van der Waals surface area contributed by atoms with Gasteiger partial charge in [0.1, 0.15) is 0 Å². The standard InChI is InChI=1S/C10H11NO3S/c1-14-7-8(6-11)9-4-2-3-5-10(9)15(12)13/h2-7,11H,1H3,(H,12,13). The van der Waals surface area contributed by atoms with E-state index in [0.717, 1.165) is 6.21 Å². The van der Waals surface area contributed by atoms with E-state index < -0.39 is 11.1 Å². The first kappa shape index (κ1) is 11.6. The number of benzene rings is 1. The van der Waals surface area contributed by atoms with Crippen LogP contribution in [0.2, 0.25) is 0 Å². The van der Waals surface area contributed by atoms with Gasteiger partial charge in [0.05, 0.1) is 18.3 Å². The highest BCUT2D eigenvalue weighted by Crippen LogP contribution is 2.20. The van der Waals surface area contributed by atoms with Crippen molar-refractivity contribution < 1.29 is 13.5 Å². The van der Waals surface area contributed by atoms with Gasteiger partial charge in [0.2, 0.25) is 0 Å². The number of methoxy groups -OCH3 is 1. The molecule has 1 aromatic rings. The van der Waals surface area contributed by atoms with Crippen LogP contribution < -0.4 is 0 Å². The van der Waals surface area contributed by atoms with Crippen LogP contribution in [0.25, 0.3) is 5.57 Å². The van der Waals surface area contributed by atoms with Gasteiger partial charge in [0.15, 0.2) is 11.1 Å². The molecule has 1 unspecified atom stereocenters. The third-order valence-electron chi connectivity index (χ3n) is 1.79.